The largest absolute Gasteiger partial charge is 0.508 e. The minimum Gasteiger partial charge on any atom is -0.508 e. The number of thiocarbonyl (C=S) groups is 1. The molecule has 0 aliphatic rings. The van der Waals surface area contributed by atoms with E-state index in [2.05, 4.69) is 10.1 Å². The van der Waals surface area contributed by atoms with Crippen LogP contribution in [0.3, 0.4) is 0 Å². The van der Waals surface area contributed by atoms with Crippen LogP contribution >= 0.6 is 12.2 Å². The number of phenols is 1. The Balaban J connectivity index is 2.17. The van der Waals surface area contributed by atoms with Gasteiger partial charge in [0.1, 0.15) is 17.1 Å². The van der Waals surface area contributed by atoms with Crippen LogP contribution in [0.15, 0.2) is 30.6 Å². The van der Waals surface area contributed by atoms with Gasteiger partial charge in [-0.05, 0) is 17.7 Å². The first-order valence-corrected chi connectivity index (χ1v) is 5.03. The van der Waals surface area contributed by atoms with E-state index in [1.165, 1.54) is 0 Å². The summed E-state index contributed by atoms with van der Waals surface area (Å²) < 4.78 is 1.61. The average Bonchev–Trinajstić information content (AvgIpc) is 2.66. The van der Waals surface area contributed by atoms with Gasteiger partial charge in [-0.2, -0.15) is 0 Å². The Morgan fingerprint density at radius 2 is 2.31 bits per heavy atom. The summed E-state index contributed by atoms with van der Waals surface area (Å²) in [6, 6.07) is 6.95. The number of hydrogen-bond donors (Lipinski definition) is 2. The number of aromatic nitrogens is 3. The Hall–Kier alpha value is -1.95. The van der Waals surface area contributed by atoms with E-state index in [1.54, 1.807) is 29.2 Å². The molecule has 0 fully saturated rings. The van der Waals surface area contributed by atoms with Crippen LogP contribution in [-0.2, 0) is 6.54 Å². The third-order valence-electron chi connectivity index (χ3n) is 2.01. The number of benzene rings is 1. The second-order valence-electron chi connectivity index (χ2n) is 3.30. The van der Waals surface area contributed by atoms with Crippen molar-refractivity contribution in [3.05, 3.63) is 42.0 Å². The van der Waals surface area contributed by atoms with Crippen molar-refractivity contribution < 1.29 is 5.11 Å². The van der Waals surface area contributed by atoms with E-state index in [9.17, 15) is 5.11 Å². The maximum absolute atomic E-state index is 9.30. The predicted octanol–water partition coefficient (Wildman–Crippen LogP) is 0.666. The summed E-state index contributed by atoms with van der Waals surface area (Å²) in [6.45, 7) is 0.518. The quantitative estimate of drug-likeness (QED) is 0.763. The molecule has 0 bridgehead atoms. The van der Waals surface area contributed by atoms with Crippen LogP contribution in [0.2, 0.25) is 0 Å². The van der Waals surface area contributed by atoms with Gasteiger partial charge in [-0.3, -0.25) is 0 Å². The van der Waals surface area contributed by atoms with Gasteiger partial charge in [0.25, 0.3) is 0 Å². The molecule has 3 N–H and O–H groups in total. The highest BCUT2D eigenvalue weighted by Crippen LogP contribution is 2.11. The summed E-state index contributed by atoms with van der Waals surface area (Å²) in [7, 11) is 0. The molecule has 0 saturated carbocycles. The lowest BCUT2D eigenvalue weighted by molar-refractivity contribution is 0.474. The van der Waals surface area contributed by atoms with E-state index in [-0.39, 0.29) is 10.7 Å². The van der Waals surface area contributed by atoms with Crippen LogP contribution in [0.5, 0.6) is 5.75 Å². The molecule has 2 rings (SSSR count). The van der Waals surface area contributed by atoms with Gasteiger partial charge in [-0.25, -0.2) is 9.67 Å². The topological polar surface area (TPSA) is 77.0 Å². The zero-order valence-electron chi connectivity index (χ0n) is 8.37. The Labute approximate surface area is 97.5 Å². The second kappa shape index (κ2) is 4.28. The third-order valence-corrected chi connectivity index (χ3v) is 2.19. The van der Waals surface area contributed by atoms with Crippen molar-refractivity contribution in [3.8, 4) is 5.75 Å². The second-order valence-corrected chi connectivity index (χ2v) is 3.74. The van der Waals surface area contributed by atoms with Crippen molar-refractivity contribution in [1.29, 1.82) is 0 Å². The fourth-order valence-corrected chi connectivity index (χ4v) is 1.42. The zero-order chi connectivity index (χ0) is 11.5. The summed E-state index contributed by atoms with van der Waals surface area (Å²) in [4.78, 5) is 4.13. The van der Waals surface area contributed by atoms with E-state index in [1.807, 2.05) is 6.07 Å². The molecule has 0 aliphatic carbocycles. The molecule has 0 radical (unpaired) electrons. The summed E-state index contributed by atoms with van der Waals surface area (Å²) in [5.74, 6) is 0.585. The monoisotopic (exact) mass is 234 g/mol. The molecular formula is C10H10N4OS. The van der Waals surface area contributed by atoms with Crippen LogP contribution in [0, 0.1) is 0 Å². The lowest BCUT2D eigenvalue weighted by Gasteiger charge is -2.01. The van der Waals surface area contributed by atoms with Crippen molar-refractivity contribution in [1.82, 2.24) is 14.8 Å². The number of nitrogens with zero attached hydrogens (tertiary/aromatic N) is 3. The average molecular weight is 234 g/mol. The summed E-state index contributed by atoms with van der Waals surface area (Å²) in [6.07, 6.45) is 1.55. The number of aromatic hydroxyl groups is 1. The number of hydrogen-bond acceptors (Lipinski definition) is 4. The van der Waals surface area contributed by atoms with Crippen LogP contribution in [-0.4, -0.2) is 24.9 Å². The summed E-state index contributed by atoms with van der Waals surface area (Å²) in [5.41, 5.74) is 6.33. The fourth-order valence-electron chi connectivity index (χ4n) is 1.33. The van der Waals surface area contributed by atoms with Gasteiger partial charge in [0.15, 0.2) is 0 Å². The van der Waals surface area contributed by atoms with Crippen molar-refractivity contribution in [3.63, 3.8) is 0 Å². The van der Waals surface area contributed by atoms with Crippen LogP contribution in [0.1, 0.15) is 11.4 Å². The van der Waals surface area contributed by atoms with Crippen molar-refractivity contribution >= 4 is 17.2 Å². The van der Waals surface area contributed by atoms with Gasteiger partial charge in [0, 0.05) is 0 Å². The van der Waals surface area contributed by atoms with E-state index in [4.69, 9.17) is 18.0 Å². The molecule has 0 unspecified atom stereocenters. The first-order chi connectivity index (χ1) is 7.65. The van der Waals surface area contributed by atoms with Crippen molar-refractivity contribution in [2.75, 3.05) is 0 Å². The van der Waals surface area contributed by atoms with Gasteiger partial charge in [0.2, 0.25) is 5.82 Å². The molecule has 0 atom stereocenters. The molecule has 1 heterocycles. The standard InChI is InChI=1S/C10H10N4OS/c11-9(16)10-12-6-14(13-10)5-7-2-1-3-8(15)4-7/h1-4,6,15H,5H2,(H2,11,16). The Kier molecular flexibility index (Phi) is 2.82. The molecule has 1 aromatic heterocycles. The van der Waals surface area contributed by atoms with Gasteiger partial charge in [0.05, 0.1) is 6.54 Å². The van der Waals surface area contributed by atoms with Gasteiger partial charge in [-0.1, -0.05) is 24.4 Å². The van der Waals surface area contributed by atoms with Crippen LogP contribution in [0.25, 0.3) is 0 Å². The Bertz CT molecular complexity index is 523. The van der Waals surface area contributed by atoms with Crippen LogP contribution < -0.4 is 5.73 Å². The van der Waals surface area contributed by atoms with Crippen LogP contribution in [0.4, 0.5) is 0 Å². The Morgan fingerprint density at radius 1 is 1.50 bits per heavy atom. The highest BCUT2D eigenvalue weighted by molar-refractivity contribution is 7.80. The molecule has 16 heavy (non-hydrogen) atoms. The predicted molar refractivity (Wildman–Crippen MR) is 63.1 cm³/mol. The van der Waals surface area contributed by atoms with Gasteiger partial charge in [-0.15, -0.1) is 5.10 Å². The first-order valence-electron chi connectivity index (χ1n) is 4.62. The highest BCUT2D eigenvalue weighted by Gasteiger charge is 2.03. The van der Waals surface area contributed by atoms with Crippen molar-refractivity contribution in [2.45, 2.75) is 6.54 Å². The molecule has 5 nitrogen and oxygen atoms in total. The third kappa shape index (κ3) is 2.34. The smallest absolute Gasteiger partial charge is 0.208 e. The normalized spacial score (nSPS) is 10.2. The number of nitrogens with two attached hydrogens (primary N) is 1. The van der Waals surface area contributed by atoms with Gasteiger partial charge >= 0.3 is 0 Å². The van der Waals surface area contributed by atoms with Gasteiger partial charge < -0.3 is 10.8 Å². The molecule has 0 aliphatic heterocycles. The van der Waals surface area contributed by atoms with E-state index in [0.29, 0.717) is 12.4 Å². The molecular weight excluding hydrogens is 224 g/mol. The molecule has 0 saturated heterocycles. The molecule has 6 heteroatoms. The minimum absolute atomic E-state index is 0.176. The van der Waals surface area contributed by atoms with E-state index < -0.39 is 0 Å². The Morgan fingerprint density at radius 3 is 2.94 bits per heavy atom. The number of rotatable bonds is 3. The van der Waals surface area contributed by atoms with E-state index in [0.717, 1.165) is 5.56 Å². The first kappa shape index (κ1) is 10.6. The van der Waals surface area contributed by atoms with E-state index >= 15 is 0 Å². The summed E-state index contributed by atoms with van der Waals surface area (Å²) >= 11 is 4.76. The highest BCUT2D eigenvalue weighted by atomic mass is 32.1. The zero-order valence-corrected chi connectivity index (χ0v) is 9.18. The SMILES string of the molecule is NC(=S)c1ncn(Cc2cccc(O)c2)n1. The molecule has 1 aromatic carbocycles. The van der Waals surface area contributed by atoms with Crippen molar-refractivity contribution in [2.24, 2.45) is 5.73 Å². The fraction of sp³-hybridized carbons (Fsp3) is 0.100. The maximum Gasteiger partial charge on any atom is 0.208 e. The summed E-state index contributed by atoms with van der Waals surface area (Å²) in [5, 5.41) is 13.4. The molecule has 0 amide bonds. The number of phenolic OH excluding ortho intramolecular Hbond substituents is 1. The molecule has 0 spiro atoms. The molecule has 82 valence electrons. The lowest BCUT2D eigenvalue weighted by atomic mass is 10.2. The lowest BCUT2D eigenvalue weighted by Crippen LogP contribution is -2.12. The minimum atomic E-state index is 0.176. The molecule has 2 aromatic rings. The maximum atomic E-state index is 9.30.